The highest BCUT2D eigenvalue weighted by atomic mass is 32.2. The second-order valence-electron chi connectivity index (χ2n) is 5.17. The molecule has 1 aliphatic rings. The second kappa shape index (κ2) is 6.56. The van der Waals surface area contributed by atoms with Crippen molar-refractivity contribution in [3.05, 3.63) is 23.8 Å². The van der Waals surface area contributed by atoms with E-state index >= 15 is 0 Å². The Morgan fingerprint density at radius 1 is 1.38 bits per heavy atom. The van der Waals surface area contributed by atoms with Crippen molar-refractivity contribution in [1.82, 2.24) is 4.72 Å². The highest BCUT2D eigenvalue weighted by Crippen LogP contribution is 2.31. The minimum Gasteiger partial charge on any atom is -0.495 e. The van der Waals surface area contributed by atoms with E-state index in [0.717, 1.165) is 23.5 Å². The van der Waals surface area contributed by atoms with Gasteiger partial charge in [-0.1, -0.05) is 6.07 Å². The summed E-state index contributed by atoms with van der Waals surface area (Å²) in [5.74, 6) is 2.14. The molecule has 1 aliphatic heterocycles. The lowest BCUT2D eigenvalue weighted by Gasteiger charge is -2.26. The molecule has 5 nitrogen and oxygen atoms in total. The molecule has 0 saturated carbocycles. The monoisotopic (exact) mass is 331 g/mol. The molecule has 0 radical (unpaired) electrons. The number of ether oxygens (including phenoxy) is 2. The van der Waals surface area contributed by atoms with Crippen LogP contribution in [-0.2, 0) is 14.8 Å². The van der Waals surface area contributed by atoms with Gasteiger partial charge in [0.1, 0.15) is 10.6 Å². The van der Waals surface area contributed by atoms with Crippen LogP contribution in [-0.4, -0.2) is 46.3 Å². The zero-order valence-corrected chi connectivity index (χ0v) is 14.1. The summed E-state index contributed by atoms with van der Waals surface area (Å²) in [7, 11) is -0.527. The van der Waals surface area contributed by atoms with Gasteiger partial charge in [-0.2, -0.15) is 11.8 Å². The fraction of sp³-hybridized carbons (Fsp3) is 0.571. The topological polar surface area (TPSA) is 64.6 Å². The second-order valence-corrected chi connectivity index (χ2v) is 8.01. The summed E-state index contributed by atoms with van der Waals surface area (Å²) in [6, 6.07) is 5.10. The van der Waals surface area contributed by atoms with E-state index in [1.165, 1.54) is 7.11 Å². The predicted molar refractivity (Wildman–Crippen MR) is 84.6 cm³/mol. The van der Waals surface area contributed by atoms with Gasteiger partial charge in [0.25, 0.3) is 0 Å². The number of aryl methyl sites for hydroxylation is 1. The molecule has 1 aromatic carbocycles. The zero-order chi connectivity index (χ0) is 15.5. The molecule has 1 atom stereocenters. The molecule has 1 heterocycles. The molecular formula is C14H21NO4S2. The van der Waals surface area contributed by atoms with Gasteiger partial charge in [0.2, 0.25) is 10.0 Å². The first-order valence-corrected chi connectivity index (χ1v) is 9.33. The average Bonchev–Trinajstić information content (AvgIpc) is 2.95. The van der Waals surface area contributed by atoms with E-state index < -0.39 is 15.6 Å². The number of rotatable bonds is 6. The highest BCUT2D eigenvalue weighted by Gasteiger charge is 2.36. The van der Waals surface area contributed by atoms with Crippen LogP contribution in [0, 0.1) is 6.92 Å². The molecule has 1 N–H and O–H groups in total. The van der Waals surface area contributed by atoms with Gasteiger partial charge in [0, 0.05) is 19.4 Å². The molecule has 0 bridgehead atoms. The summed E-state index contributed by atoms with van der Waals surface area (Å²) in [5.41, 5.74) is 0.462. The van der Waals surface area contributed by atoms with Crippen molar-refractivity contribution in [3.63, 3.8) is 0 Å². The first kappa shape index (κ1) is 16.6. The molecule has 1 saturated heterocycles. The van der Waals surface area contributed by atoms with Gasteiger partial charge < -0.3 is 9.47 Å². The van der Waals surface area contributed by atoms with Crippen molar-refractivity contribution in [2.45, 2.75) is 23.8 Å². The molecule has 2 rings (SSSR count). The van der Waals surface area contributed by atoms with Crippen LogP contribution in [0.5, 0.6) is 5.75 Å². The molecule has 1 aromatic rings. The third-order valence-electron chi connectivity index (χ3n) is 3.69. The van der Waals surface area contributed by atoms with Crippen LogP contribution < -0.4 is 9.46 Å². The lowest BCUT2D eigenvalue weighted by molar-refractivity contribution is 0.0179. The molecule has 7 heteroatoms. The Labute approximate surface area is 130 Å². The molecule has 1 unspecified atom stereocenters. The number of methoxy groups -OCH3 is 2. The third-order valence-corrected chi connectivity index (χ3v) is 6.34. The van der Waals surface area contributed by atoms with Crippen LogP contribution in [0.3, 0.4) is 0 Å². The van der Waals surface area contributed by atoms with Gasteiger partial charge in [-0.25, -0.2) is 13.1 Å². The predicted octanol–water partition coefficient (Wildman–Crippen LogP) is 1.80. The lowest BCUT2D eigenvalue weighted by atomic mass is 10.0. The standard InChI is InChI=1S/C14H21NO4S2/c1-11-4-5-12(18-2)13(8-11)21(16,17)15-9-14(19-3)6-7-20-10-14/h4-5,8,15H,6-7,9-10H2,1-3H3. The van der Waals surface area contributed by atoms with Crippen molar-refractivity contribution < 1.29 is 17.9 Å². The molecular weight excluding hydrogens is 310 g/mol. The maximum absolute atomic E-state index is 12.5. The van der Waals surface area contributed by atoms with Crippen LogP contribution in [0.4, 0.5) is 0 Å². The smallest absolute Gasteiger partial charge is 0.244 e. The number of nitrogens with one attached hydrogen (secondary N) is 1. The maximum Gasteiger partial charge on any atom is 0.244 e. The van der Waals surface area contributed by atoms with E-state index in [1.54, 1.807) is 31.0 Å². The van der Waals surface area contributed by atoms with Crippen LogP contribution in [0.25, 0.3) is 0 Å². The van der Waals surface area contributed by atoms with Gasteiger partial charge >= 0.3 is 0 Å². The molecule has 0 aliphatic carbocycles. The summed E-state index contributed by atoms with van der Waals surface area (Å²) >= 11 is 1.78. The Morgan fingerprint density at radius 2 is 2.14 bits per heavy atom. The summed E-state index contributed by atoms with van der Waals surface area (Å²) in [4.78, 5) is 0.168. The molecule has 0 spiro atoms. The van der Waals surface area contributed by atoms with E-state index in [-0.39, 0.29) is 11.4 Å². The summed E-state index contributed by atoms with van der Waals surface area (Å²) < 4.78 is 38.4. The Kier molecular flexibility index (Phi) is 5.19. The van der Waals surface area contributed by atoms with Crippen LogP contribution in [0.15, 0.2) is 23.1 Å². The Morgan fingerprint density at radius 3 is 2.71 bits per heavy atom. The average molecular weight is 331 g/mol. The van der Waals surface area contributed by atoms with Gasteiger partial charge in [-0.3, -0.25) is 0 Å². The van der Waals surface area contributed by atoms with E-state index in [2.05, 4.69) is 4.72 Å². The SMILES string of the molecule is COc1ccc(C)cc1S(=O)(=O)NCC1(OC)CCSC1. The minimum atomic E-state index is -3.63. The van der Waals surface area contributed by atoms with Gasteiger partial charge in [0.05, 0.1) is 12.7 Å². The van der Waals surface area contributed by atoms with Crippen molar-refractivity contribution in [3.8, 4) is 5.75 Å². The Balaban J connectivity index is 2.20. The van der Waals surface area contributed by atoms with Gasteiger partial charge in [-0.15, -0.1) is 0 Å². The third kappa shape index (κ3) is 3.71. The summed E-state index contributed by atoms with van der Waals surface area (Å²) in [5, 5.41) is 0. The van der Waals surface area contributed by atoms with Crippen molar-refractivity contribution >= 4 is 21.8 Å². The number of hydrogen-bond acceptors (Lipinski definition) is 5. The van der Waals surface area contributed by atoms with Gasteiger partial charge in [-0.05, 0) is 36.8 Å². The fourth-order valence-electron chi connectivity index (χ4n) is 2.26. The highest BCUT2D eigenvalue weighted by molar-refractivity contribution is 7.99. The minimum absolute atomic E-state index is 0.168. The molecule has 0 aromatic heterocycles. The van der Waals surface area contributed by atoms with Gasteiger partial charge in [0.15, 0.2) is 0 Å². The number of thioether (sulfide) groups is 1. The number of sulfonamides is 1. The first-order chi connectivity index (χ1) is 9.92. The molecule has 21 heavy (non-hydrogen) atoms. The Bertz CT molecular complexity index is 595. The van der Waals surface area contributed by atoms with Crippen LogP contribution >= 0.6 is 11.8 Å². The van der Waals surface area contributed by atoms with Crippen molar-refractivity contribution in [2.75, 3.05) is 32.3 Å². The lowest BCUT2D eigenvalue weighted by Crippen LogP contribution is -2.44. The van der Waals surface area contributed by atoms with Crippen molar-refractivity contribution in [2.24, 2.45) is 0 Å². The quantitative estimate of drug-likeness (QED) is 0.861. The molecule has 1 fully saturated rings. The van der Waals surface area contributed by atoms with E-state index in [9.17, 15) is 8.42 Å². The van der Waals surface area contributed by atoms with E-state index in [1.807, 2.05) is 13.0 Å². The fourth-order valence-corrected chi connectivity index (χ4v) is 5.02. The summed E-state index contributed by atoms with van der Waals surface area (Å²) in [6.45, 7) is 2.12. The number of benzene rings is 1. The zero-order valence-electron chi connectivity index (χ0n) is 12.5. The first-order valence-electron chi connectivity index (χ1n) is 6.70. The largest absolute Gasteiger partial charge is 0.495 e. The maximum atomic E-state index is 12.5. The van der Waals surface area contributed by atoms with Crippen molar-refractivity contribution in [1.29, 1.82) is 0 Å². The molecule has 118 valence electrons. The molecule has 0 amide bonds. The number of hydrogen-bond donors (Lipinski definition) is 1. The van der Waals surface area contributed by atoms with E-state index in [0.29, 0.717) is 5.75 Å². The Hall–Kier alpha value is -0.760. The normalized spacial score (nSPS) is 22.4. The van der Waals surface area contributed by atoms with E-state index in [4.69, 9.17) is 9.47 Å². The summed E-state index contributed by atoms with van der Waals surface area (Å²) in [6.07, 6.45) is 0.849. The van der Waals surface area contributed by atoms with Crippen LogP contribution in [0.1, 0.15) is 12.0 Å². The van der Waals surface area contributed by atoms with Crippen LogP contribution in [0.2, 0.25) is 0 Å².